The van der Waals surface area contributed by atoms with Crippen LogP contribution in [0.2, 0.25) is 0 Å². The van der Waals surface area contributed by atoms with Crippen molar-refractivity contribution in [2.24, 2.45) is 0 Å². The third kappa shape index (κ3) is 5.79. The second-order valence-corrected chi connectivity index (χ2v) is 7.37. The molecule has 0 aromatic heterocycles. The summed E-state index contributed by atoms with van der Waals surface area (Å²) in [4.78, 5) is 12.2. The van der Waals surface area contributed by atoms with Gasteiger partial charge < -0.3 is 10.1 Å². The minimum absolute atomic E-state index is 0.270. The summed E-state index contributed by atoms with van der Waals surface area (Å²) in [6.07, 6.45) is 1.08. The Morgan fingerprint density at radius 3 is 2.48 bits per heavy atom. The smallest absolute Gasteiger partial charge is 0.241 e. The van der Waals surface area contributed by atoms with Crippen molar-refractivity contribution in [3.8, 4) is 5.75 Å². The highest BCUT2D eigenvalue weighted by atomic mass is 32.2. The number of amides is 1. The van der Waals surface area contributed by atoms with Gasteiger partial charge in [-0.15, -0.1) is 0 Å². The van der Waals surface area contributed by atoms with Crippen LogP contribution in [0.3, 0.4) is 0 Å². The van der Waals surface area contributed by atoms with Gasteiger partial charge in [0.2, 0.25) is 15.9 Å². The molecule has 0 aliphatic heterocycles. The molecule has 0 fully saturated rings. The Kier molecular flexibility index (Phi) is 6.41. The molecule has 0 aliphatic carbocycles. The average Bonchev–Trinajstić information content (AvgIpc) is 2.58. The molecular weight excluding hydrogens is 340 g/mol. The third-order valence-corrected chi connectivity index (χ3v) is 4.57. The molecule has 1 N–H and O–H groups in total. The largest absolute Gasteiger partial charge is 0.494 e. The van der Waals surface area contributed by atoms with Crippen molar-refractivity contribution in [3.05, 3.63) is 60.2 Å². The minimum atomic E-state index is -3.56. The monoisotopic (exact) mass is 362 g/mol. The summed E-state index contributed by atoms with van der Waals surface area (Å²) in [5, 5.41) is 2.74. The van der Waals surface area contributed by atoms with Crippen molar-refractivity contribution in [1.82, 2.24) is 5.32 Å². The molecule has 0 aliphatic rings. The van der Waals surface area contributed by atoms with E-state index in [0.29, 0.717) is 18.8 Å². The van der Waals surface area contributed by atoms with Crippen LogP contribution in [0.25, 0.3) is 0 Å². The summed E-state index contributed by atoms with van der Waals surface area (Å²) < 4.78 is 30.5. The topological polar surface area (TPSA) is 75.7 Å². The zero-order valence-electron chi connectivity index (χ0n) is 14.3. The maximum Gasteiger partial charge on any atom is 0.241 e. The molecule has 0 heterocycles. The number of nitrogens with zero attached hydrogens (tertiary/aromatic N) is 1. The molecule has 0 radical (unpaired) electrons. The predicted molar refractivity (Wildman–Crippen MR) is 98.1 cm³/mol. The van der Waals surface area contributed by atoms with Crippen LogP contribution in [0, 0.1) is 0 Å². The molecular formula is C18H22N2O4S. The van der Waals surface area contributed by atoms with E-state index in [1.54, 1.807) is 30.3 Å². The fourth-order valence-corrected chi connectivity index (χ4v) is 3.15. The first kappa shape index (κ1) is 18.8. The minimum Gasteiger partial charge on any atom is -0.494 e. The van der Waals surface area contributed by atoms with Gasteiger partial charge in [-0.3, -0.25) is 9.10 Å². The van der Waals surface area contributed by atoms with Gasteiger partial charge in [-0.25, -0.2) is 8.42 Å². The number of carbonyl (C=O) groups excluding carboxylic acids is 1. The van der Waals surface area contributed by atoms with E-state index in [4.69, 9.17) is 4.74 Å². The number of rotatable bonds is 8. The molecule has 0 atom stereocenters. The van der Waals surface area contributed by atoms with Crippen LogP contribution in [0.15, 0.2) is 54.6 Å². The lowest BCUT2D eigenvalue weighted by atomic mass is 10.2. The highest BCUT2D eigenvalue weighted by Gasteiger charge is 2.20. The Balaban J connectivity index is 2.01. The SMILES string of the molecule is CCOc1cccc(CNC(=O)CN(c2ccccc2)S(C)(=O)=O)c1. The van der Waals surface area contributed by atoms with Crippen molar-refractivity contribution in [3.63, 3.8) is 0 Å². The number of carbonyl (C=O) groups is 1. The van der Waals surface area contributed by atoms with Crippen molar-refractivity contribution in [2.75, 3.05) is 23.7 Å². The lowest BCUT2D eigenvalue weighted by Crippen LogP contribution is -2.40. The van der Waals surface area contributed by atoms with Crippen molar-refractivity contribution >= 4 is 21.6 Å². The van der Waals surface area contributed by atoms with Gasteiger partial charge in [-0.05, 0) is 36.8 Å². The van der Waals surface area contributed by atoms with E-state index >= 15 is 0 Å². The summed E-state index contributed by atoms with van der Waals surface area (Å²) in [6.45, 7) is 2.49. The first-order valence-electron chi connectivity index (χ1n) is 7.91. The molecule has 0 saturated carbocycles. The number of sulfonamides is 1. The van der Waals surface area contributed by atoms with Gasteiger partial charge in [-0.1, -0.05) is 30.3 Å². The van der Waals surface area contributed by atoms with E-state index in [-0.39, 0.29) is 12.5 Å². The summed E-state index contributed by atoms with van der Waals surface area (Å²) in [5.41, 5.74) is 1.34. The summed E-state index contributed by atoms with van der Waals surface area (Å²) in [6, 6.07) is 15.9. The first-order valence-corrected chi connectivity index (χ1v) is 9.76. The maximum atomic E-state index is 12.2. The number of nitrogens with one attached hydrogen (secondary N) is 1. The van der Waals surface area contributed by atoms with E-state index in [2.05, 4.69) is 5.32 Å². The molecule has 0 spiro atoms. The van der Waals surface area contributed by atoms with Gasteiger partial charge in [0.15, 0.2) is 0 Å². The van der Waals surface area contributed by atoms with Crippen LogP contribution in [-0.2, 0) is 21.4 Å². The highest BCUT2D eigenvalue weighted by molar-refractivity contribution is 7.92. The third-order valence-electron chi connectivity index (χ3n) is 3.43. The molecule has 6 nitrogen and oxygen atoms in total. The highest BCUT2D eigenvalue weighted by Crippen LogP contribution is 2.16. The normalized spacial score (nSPS) is 11.0. The second-order valence-electron chi connectivity index (χ2n) is 5.46. The first-order chi connectivity index (χ1) is 11.9. The van der Waals surface area contributed by atoms with Gasteiger partial charge in [0.05, 0.1) is 18.6 Å². The van der Waals surface area contributed by atoms with Crippen LogP contribution in [0.4, 0.5) is 5.69 Å². The van der Waals surface area contributed by atoms with Crippen LogP contribution >= 0.6 is 0 Å². The molecule has 2 rings (SSSR count). The van der Waals surface area contributed by atoms with E-state index in [1.807, 2.05) is 31.2 Å². The molecule has 0 unspecified atom stereocenters. The van der Waals surface area contributed by atoms with Gasteiger partial charge in [0.25, 0.3) is 0 Å². The van der Waals surface area contributed by atoms with E-state index in [9.17, 15) is 13.2 Å². The predicted octanol–water partition coefficient (Wildman–Crippen LogP) is 2.17. The van der Waals surface area contributed by atoms with Crippen molar-refractivity contribution < 1.29 is 17.9 Å². The molecule has 1 amide bonds. The molecule has 7 heteroatoms. The fraction of sp³-hybridized carbons (Fsp3) is 0.278. The number of ether oxygens (including phenoxy) is 1. The quantitative estimate of drug-likeness (QED) is 0.781. The lowest BCUT2D eigenvalue weighted by Gasteiger charge is -2.21. The summed E-state index contributed by atoms with van der Waals surface area (Å²) in [5.74, 6) is 0.354. The van der Waals surface area contributed by atoms with Crippen molar-refractivity contribution in [2.45, 2.75) is 13.5 Å². The maximum absolute atomic E-state index is 12.2. The molecule has 25 heavy (non-hydrogen) atoms. The molecule has 2 aromatic rings. The van der Waals surface area contributed by atoms with Gasteiger partial charge in [-0.2, -0.15) is 0 Å². The number of anilines is 1. The number of para-hydroxylation sites is 1. The van der Waals surface area contributed by atoms with Gasteiger partial charge in [0.1, 0.15) is 12.3 Å². The Labute approximate surface area is 148 Å². The van der Waals surface area contributed by atoms with Gasteiger partial charge in [0, 0.05) is 6.54 Å². The average molecular weight is 362 g/mol. The van der Waals surface area contributed by atoms with E-state index < -0.39 is 10.0 Å². The zero-order valence-corrected chi connectivity index (χ0v) is 15.1. The molecule has 134 valence electrons. The van der Waals surface area contributed by atoms with E-state index in [1.165, 1.54) is 0 Å². The number of hydrogen-bond donors (Lipinski definition) is 1. The standard InChI is InChI=1S/C18H22N2O4S/c1-3-24-17-11-7-8-15(12-17)13-19-18(21)14-20(25(2,22)23)16-9-5-4-6-10-16/h4-12H,3,13-14H2,1-2H3,(H,19,21). The van der Waals surface area contributed by atoms with Crippen LogP contribution < -0.4 is 14.4 Å². The Morgan fingerprint density at radius 2 is 1.84 bits per heavy atom. The Bertz CT molecular complexity index is 807. The number of hydrogen-bond acceptors (Lipinski definition) is 4. The Morgan fingerprint density at radius 1 is 1.12 bits per heavy atom. The van der Waals surface area contributed by atoms with E-state index in [0.717, 1.165) is 21.9 Å². The molecule has 0 bridgehead atoms. The molecule has 0 saturated heterocycles. The number of benzene rings is 2. The van der Waals surface area contributed by atoms with Crippen LogP contribution in [0.1, 0.15) is 12.5 Å². The summed E-state index contributed by atoms with van der Waals surface area (Å²) >= 11 is 0. The summed E-state index contributed by atoms with van der Waals surface area (Å²) in [7, 11) is -3.56. The van der Waals surface area contributed by atoms with Gasteiger partial charge >= 0.3 is 0 Å². The van der Waals surface area contributed by atoms with Crippen LogP contribution in [0.5, 0.6) is 5.75 Å². The second kappa shape index (κ2) is 8.53. The Hall–Kier alpha value is -2.54. The zero-order chi connectivity index (χ0) is 18.3. The lowest BCUT2D eigenvalue weighted by molar-refractivity contribution is -0.119. The van der Waals surface area contributed by atoms with Crippen LogP contribution in [-0.4, -0.2) is 33.7 Å². The fourth-order valence-electron chi connectivity index (χ4n) is 2.29. The van der Waals surface area contributed by atoms with Crippen molar-refractivity contribution in [1.29, 1.82) is 0 Å². The molecule has 2 aromatic carbocycles.